The molecule has 0 bridgehead atoms. The first-order valence-electron chi connectivity index (χ1n) is 5.27. The van der Waals surface area contributed by atoms with E-state index in [1.807, 2.05) is 0 Å². The number of dihydropyridines is 1. The maximum Gasteiger partial charge on any atom is 0.317 e. The Morgan fingerprint density at radius 2 is 2.11 bits per heavy atom. The van der Waals surface area contributed by atoms with E-state index in [9.17, 15) is 14.5 Å². The van der Waals surface area contributed by atoms with Crippen molar-refractivity contribution >= 4 is 11.8 Å². The smallest absolute Gasteiger partial charge is 0.317 e. The van der Waals surface area contributed by atoms with Gasteiger partial charge in [-0.25, -0.2) is 0 Å². The maximum atomic E-state index is 11.6. The molecular formula is C11H9N5O3. The van der Waals surface area contributed by atoms with Crippen LogP contribution in [-0.4, -0.2) is 17.9 Å². The summed E-state index contributed by atoms with van der Waals surface area (Å²) in [6.45, 7) is 0. The third-order valence-electron chi connectivity index (χ3n) is 2.65. The lowest BCUT2D eigenvalue weighted by Crippen LogP contribution is -2.32. The zero-order valence-corrected chi connectivity index (χ0v) is 9.61. The van der Waals surface area contributed by atoms with Gasteiger partial charge in [0.05, 0.1) is 11.6 Å². The SMILES string of the molecule is NN=NC(=O)C1=CC2NC=CC=C2C(C(=O)N=O)=C1. The number of carbonyl (C=O) groups excluding carboxylic acids is 2. The van der Waals surface area contributed by atoms with E-state index in [4.69, 9.17) is 5.84 Å². The Hall–Kier alpha value is -2.90. The first-order chi connectivity index (χ1) is 9.17. The van der Waals surface area contributed by atoms with Gasteiger partial charge in [-0.2, -0.15) is 0 Å². The van der Waals surface area contributed by atoms with E-state index in [1.54, 1.807) is 24.4 Å². The predicted octanol–water partition coefficient (Wildman–Crippen LogP) is 0.410. The van der Waals surface area contributed by atoms with Crippen LogP contribution < -0.4 is 11.2 Å². The Morgan fingerprint density at radius 3 is 2.79 bits per heavy atom. The van der Waals surface area contributed by atoms with E-state index in [-0.39, 0.29) is 11.1 Å². The lowest BCUT2D eigenvalue weighted by Gasteiger charge is -2.24. The molecule has 1 aliphatic heterocycles. The molecule has 0 radical (unpaired) electrons. The molecule has 2 rings (SSSR count). The summed E-state index contributed by atoms with van der Waals surface area (Å²) in [7, 11) is 0. The summed E-state index contributed by atoms with van der Waals surface area (Å²) in [4.78, 5) is 33.5. The van der Waals surface area contributed by atoms with Crippen molar-refractivity contribution in [3.63, 3.8) is 0 Å². The molecular weight excluding hydrogens is 250 g/mol. The number of rotatable bonds is 2. The number of nitrogens with one attached hydrogen (secondary N) is 1. The van der Waals surface area contributed by atoms with Gasteiger partial charge in [0, 0.05) is 10.7 Å². The van der Waals surface area contributed by atoms with Crippen LogP contribution in [0.1, 0.15) is 0 Å². The average Bonchev–Trinajstić information content (AvgIpc) is 2.45. The van der Waals surface area contributed by atoms with Gasteiger partial charge in [0.2, 0.25) is 0 Å². The predicted molar refractivity (Wildman–Crippen MR) is 65.2 cm³/mol. The van der Waals surface area contributed by atoms with Crippen molar-refractivity contribution in [1.29, 1.82) is 0 Å². The van der Waals surface area contributed by atoms with E-state index in [1.165, 1.54) is 6.08 Å². The number of amides is 2. The molecule has 1 atom stereocenters. The standard InChI is InChI=1S/C11H9N5O3/c12-16-14-10(17)6-4-8(11(18)15-19)7-2-1-3-13-9(7)5-6/h1-5,9,13H,(H2,12,14,17). The van der Waals surface area contributed by atoms with Gasteiger partial charge in [0.15, 0.2) is 0 Å². The van der Waals surface area contributed by atoms with Crippen molar-refractivity contribution in [3.05, 3.63) is 52.1 Å². The molecule has 8 heteroatoms. The number of carbonyl (C=O) groups is 2. The molecule has 3 N–H and O–H groups in total. The van der Waals surface area contributed by atoms with Crippen molar-refractivity contribution < 1.29 is 9.59 Å². The molecule has 1 aliphatic carbocycles. The zero-order valence-electron chi connectivity index (χ0n) is 9.61. The molecule has 0 spiro atoms. The topological polar surface area (TPSA) is 126 Å². The molecule has 19 heavy (non-hydrogen) atoms. The molecule has 96 valence electrons. The maximum absolute atomic E-state index is 11.6. The van der Waals surface area contributed by atoms with Crippen LogP contribution in [0.15, 0.2) is 62.7 Å². The number of hydrogen-bond acceptors (Lipinski definition) is 5. The minimum atomic E-state index is -0.948. The van der Waals surface area contributed by atoms with Gasteiger partial charge in [0.1, 0.15) is 0 Å². The summed E-state index contributed by atoms with van der Waals surface area (Å²) < 4.78 is 0. The van der Waals surface area contributed by atoms with E-state index in [2.05, 4.69) is 20.8 Å². The molecule has 0 fully saturated rings. The minimum absolute atomic E-state index is 0.0509. The zero-order chi connectivity index (χ0) is 13.8. The Labute approximate surface area is 107 Å². The van der Waals surface area contributed by atoms with Crippen molar-refractivity contribution in [1.82, 2.24) is 5.32 Å². The number of nitrogens with zero attached hydrogens (tertiary/aromatic N) is 3. The molecule has 0 saturated carbocycles. The van der Waals surface area contributed by atoms with Gasteiger partial charge < -0.3 is 11.2 Å². The van der Waals surface area contributed by atoms with Crippen LogP contribution in [0, 0.1) is 4.91 Å². The quantitative estimate of drug-likeness (QED) is 0.321. The molecule has 0 aromatic heterocycles. The second kappa shape index (κ2) is 5.17. The third kappa shape index (κ3) is 2.37. The van der Waals surface area contributed by atoms with Crippen LogP contribution in [0.5, 0.6) is 0 Å². The lowest BCUT2D eigenvalue weighted by molar-refractivity contribution is -0.114. The Kier molecular flexibility index (Phi) is 3.42. The highest BCUT2D eigenvalue weighted by Crippen LogP contribution is 2.27. The summed E-state index contributed by atoms with van der Waals surface area (Å²) in [5.41, 5.74) is 0.731. The Balaban J connectivity index is 2.47. The van der Waals surface area contributed by atoms with Crippen LogP contribution >= 0.6 is 0 Å². The van der Waals surface area contributed by atoms with Crippen LogP contribution in [0.25, 0.3) is 0 Å². The van der Waals surface area contributed by atoms with Gasteiger partial charge in [-0.3, -0.25) is 9.59 Å². The van der Waals surface area contributed by atoms with Crippen molar-refractivity contribution in [2.75, 3.05) is 0 Å². The first kappa shape index (κ1) is 12.6. The van der Waals surface area contributed by atoms with Gasteiger partial charge in [-0.05, 0) is 30.0 Å². The van der Waals surface area contributed by atoms with E-state index >= 15 is 0 Å². The van der Waals surface area contributed by atoms with Crippen LogP contribution in [0.2, 0.25) is 0 Å². The Morgan fingerprint density at radius 1 is 1.32 bits per heavy atom. The molecule has 1 unspecified atom stereocenters. The average molecular weight is 259 g/mol. The minimum Gasteiger partial charge on any atom is -0.381 e. The molecule has 2 amide bonds. The fourth-order valence-corrected chi connectivity index (χ4v) is 1.84. The summed E-state index contributed by atoms with van der Waals surface area (Å²) in [5, 5.41) is 11.4. The number of allylic oxidation sites excluding steroid dienone is 2. The van der Waals surface area contributed by atoms with E-state index in [0.717, 1.165) is 0 Å². The third-order valence-corrected chi connectivity index (χ3v) is 2.65. The molecule has 0 aromatic rings. The molecule has 8 nitrogen and oxygen atoms in total. The number of fused-ring (bicyclic) bond motifs is 1. The van der Waals surface area contributed by atoms with Crippen LogP contribution in [0.4, 0.5) is 0 Å². The van der Waals surface area contributed by atoms with Gasteiger partial charge in [-0.15, -0.1) is 4.91 Å². The summed E-state index contributed by atoms with van der Waals surface area (Å²) >= 11 is 0. The van der Waals surface area contributed by atoms with Gasteiger partial charge >= 0.3 is 5.91 Å². The largest absolute Gasteiger partial charge is 0.381 e. The second-order valence-corrected chi connectivity index (χ2v) is 3.72. The first-order valence-corrected chi connectivity index (χ1v) is 5.27. The monoisotopic (exact) mass is 259 g/mol. The number of hydrogen-bond donors (Lipinski definition) is 2. The van der Waals surface area contributed by atoms with Crippen molar-refractivity contribution in [2.45, 2.75) is 6.04 Å². The summed E-state index contributed by atoms with van der Waals surface area (Å²) in [6, 6.07) is -0.400. The van der Waals surface area contributed by atoms with Crippen molar-refractivity contribution in [3.8, 4) is 0 Å². The van der Waals surface area contributed by atoms with E-state index in [0.29, 0.717) is 5.57 Å². The van der Waals surface area contributed by atoms with Crippen LogP contribution in [-0.2, 0) is 9.59 Å². The molecule has 0 aromatic carbocycles. The normalized spacial score (nSPS) is 20.8. The highest BCUT2D eigenvalue weighted by atomic mass is 16.3. The van der Waals surface area contributed by atoms with Gasteiger partial charge in [-0.1, -0.05) is 16.4 Å². The highest BCUT2D eigenvalue weighted by Gasteiger charge is 2.28. The summed E-state index contributed by atoms with van der Waals surface area (Å²) in [5.74, 6) is 3.16. The second-order valence-electron chi connectivity index (χ2n) is 3.72. The van der Waals surface area contributed by atoms with E-state index < -0.39 is 17.9 Å². The molecule has 2 aliphatic rings. The molecule has 0 saturated heterocycles. The summed E-state index contributed by atoms with van der Waals surface area (Å²) in [6.07, 6.45) is 7.81. The van der Waals surface area contributed by atoms with Gasteiger partial charge in [0.25, 0.3) is 5.91 Å². The number of nitrogens with two attached hydrogens (primary N) is 1. The number of nitroso groups, excluding NO2 is 1. The lowest BCUT2D eigenvalue weighted by atomic mass is 9.88. The van der Waals surface area contributed by atoms with Crippen molar-refractivity contribution in [2.24, 2.45) is 21.4 Å². The van der Waals surface area contributed by atoms with Crippen LogP contribution in [0.3, 0.4) is 0 Å². The Bertz CT molecular complexity index is 597. The molecule has 1 heterocycles. The fraction of sp³-hybridized carbons (Fsp3) is 0.0909. The highest BCUT2D eigenvalue weighted by molar-refractivity contribution is 6.05. The fourth-order valence-electron chi connectivity index (χ4n) is 1.84.